The Labute approximate surface area is 136 Å². The average molecular weight is 312 g/mol. The number of rotatable bonds is 16. The van der Waals surface area contributed by atoms with Gasteiger partial charge in [0.2, 0.25) is 0 Å². The van der Waals surface area contributed by atoms with Crippen molar-refractivity contribution in [1.82, 2.24) is 0 Å². The summed E-state index contributed by atoms with van der Waals surface area (Å²) in [6.45, 7) is 4.37. The van der Waals surface area contributed by atoms with Crippen LogP contribution >= 0.6 is 0 Å². The van der Waals surface area contributed by atoms with Gasteiger partial charge in [-0.1, -0.05) is 84.5 Å². The van der Waals surface area contributed by atoms with Crippen LogP contribution in [0.25, 0.3) is 0 Å². The molecule has 0 aromatic rings. The second-order valence-electron chi connectivity index (χ2n) is 6.43. The highest BCUT2D eigenvalue weighted by Crippen LogP contribution is 2.17. The maximum atomic E-state index is 12.1. The summed E-state index contributed by atoms with van der Waals surface area (Å²) in [4.78, 5) is 23.3. The number of carboxylic acids is 1. The summed E-state index contributed by atoms with van der Waals surface area (Å²) in [5.74, 6) is -1.75. The molecule has 0 bridgehead atoms. The highest BCUT2D eigenvalue weighted by molar-refractivity contribution is 5.98. The predicted molar refractivity (Wildman–Crippen MR) is 92.1 cm³/mol. The lowest BCUT2D eigenvalue weighted by molar-refractivity contribution is -0.146. The third kappa shape index (κ3) is 11.8. The summed E-state index contributed by atoms with van der Waals surface area (Å²) >= 11 is 0. The fourth-order valence-corrected chi connectivity index (χ4v) is 2.80. The molecule has 0 saturated carbocycles. The SMILES string of the molecule is CCCCCCCCC(=O)C(CCCCCCCC)C(=O)O. The molecule has 0 aromatic heterocycles. The van der Waals surface area contributed by atoms with E-state index in [0.29, 0.717) is 12.8 Å². The van der Waals surface area contributed by atoms with E-state index in [9.17, 15) is 14.7 Å². The zero-order valence-electron chi connectivity index (χ0n) is 14.7. The van der Waals surface area contributed by atoms with Gasteiger partial charge in [-0.3, -0.25) is 9.59 Å². The Hall–Kier alpha value is -0.860. The third-order valence-electron chi connectivity index (χ3n) is 4.31. The Kier molecular flexibility index (Phi) is 14.5. The number of unbranched alkanes of at least 4 members (excludes halogenated alkanes) is 10. The molecule has 0 saturated heterocycles. The van der Waals surface area contributed by atoms with E-state index in [1.165, 1.54) is 38.5 Å². The van der Waals surface area contributed by atoms with E-state index in [1.54, 1.807) is 0 Å². The molecule has 0 amide bonds. The van der Waals surface area contributed by atoms with E-state index in [2.05, 4.69) is 13.8 Å². The first kappa shape index (κ1) is 21.1. The summed E-state index contributed by atoms with van der Waals surface area (Å²) in [6.07, 6.45) is 14.5. The van der Waals surface area contributed by atoms with Crippen LogP contribution in [0.1, 0.15) is 104 Å². The number of hydrogen-bond acceptors (Lipinski definition) is 2. The van der Waals surface area contributed by atoms with E-state index in [4.69, 9.17) is 0 Å². The zero-order valence-corrected chi connectivity index (χ0v) is 14.7. The van der Waals surface area contributed by atoms with E-state index in [-0.39, 0.29) is 5.78 Å². The molecule has 0 radical (unpaired) electrons. The number of carbonyl (C=O) groups is 2. The van der Waals surface area contributed by atoms with Crippen molar-refractivity contribution in [3.63, 3.8) is 0 Å². The normalized spacial score (nSPS) is 12.3. The number of ketones is 1. The number of hydrogen-bond donors (Lipinski definition) is 1. The Morgan fingerprint density at radius 1 is 0.727 bits per heavy atom. The molecule has 0 rings (SSSR count). The Morgan fingerprint density at radius 3 is 1.68 bits per heavy atom. The van der Waals surface area contributed by atoms with Crippen LogP contribution in [0.4, 0.5) is 0 Å². The Morgan fingerprint density at radius 2 is 1.18 bits per heavy atom. The highest BCUT2D eigenvalue weighted by Gasteiger charge is 2.24. The van der Waals surface area contributed by atoms with Gasteiger partial charge in [0.05, 0.1) is 0 Å². The van der Waals surface area contributed by atoms with Gasteiger partial charge >= 0.3 is 5.97 Å². The summed E-state index contributed by atoms with van der Waals surface area (Å²) in [5, 5.41) is 9.24. The van der Waals surface area contributed by atoms with Crippen molar-refractivity contribution in [2.24, 2.45) is 5.92 Å². The molecule has 1 N–H and O–H groups in total. The summed E-state index contributed by atoms with van der Waals surface area (Å²) in [7, 11) is 0. The number of carboxylic acid groups (broad SMARTS) is 1. The van der Waals surface area contributed by atoms with Gasteiger partial charge in [-0.2, -0.15) is 0 Å². The van der Waals surface area contributed by atoms with Gasteiger partial charge in [0, 0.05) is 6.42 Å². The van der Waals surface area contributed by atoms with Crippen molar-refractivity contribution in [2.75, 3.05) is 0 Å². The third-order valence-corrected chi connectivity index (χ3v) is 4.31. The van der Waals surface area contributed by atoms with Gasteiger partial charge in [0.15, 0.2) is 0 Å². The van der Waals surface area contributed by atoms with Gasteiger partial charge in [-0.05, 0) is 12.8 Å². The van der Waals surface area contributed by atoms with E-state index >= 15 is 0 Å². The lowest BCUT2D eigenvalue weighted by Gasteiger charge is -2.11. The second-order valence-corrected chi connectivity index (χ2v) is 6.43. The van der Waals surface area contributed by atoms with Gasteiger partial charge in [-0.25, -0.2) is 0 Å². The topological polar surface area (TPSA) is 54.4 Å². The highest BCUT2D eigenvalue weighted by atomic mass is 16.4. The molecule has 0 aliphatic rings. The first-order valence-corrected chi connectivity index (χ1v) is 9.39. The summed E-state index contributed by atoms with van der Waals surface area (Å²) < 4.78 is 0. The monoisotopic (exact) mass is 312 g/mol. The number of Topliss-reactive ketones (excluding diaryl/α,β-unsaturated/α-hetero) is 1. The number of carbonyl (C=O) groups excluding carboxylic acids is 1. The fraction of sp³-hybridized carbons (Fsp3) is 0.895. The molecule has 0 heterocycles. The molecule has 1 unspecified atom stereocenters. The maximum absolute atomic E-state index is 12.1. The minimum Gasteiger partial charge on any atom is -0.481 e. The molecular formula is C19H36O3. The Bertz CT molecular complexity index is 286. The molecule has 0 aliphatic heterocycles. The minimum absolute atomic E-state index is 0.0588. The molecule has 0 aliphatic carbocycles. The van der Waals surface area contributed by atoms with Crippen LogP contribution in [0.2, 0.25) is 0 Å². The van der Waals surface area contributed by atoms with Crippen LogP contribution in [0.3, 0.4) is 0 Å². The molecule has 0 fully saturated rings. The van der Waals surface area contributed by atoms with Crippen molar-refractivity contribution in [2.45, 2.75) is 104 Å². The first-order valence-electron chi connectivity index (χ1n) is 9.39. The molecule has 3 nitrogen and oxygen atoms in total. The van der Waals surface area contributed by atoms with Gasteiger partial charge in [0.25, 0.3) is 0 Å². The lowest BCUT2D eigenvalue weighted by atomic mass is 9.93. The average Bonchev–Trinajstić information content (AvgIpc) is 2.49. The van der Waals surface area contributed by atoms with Crippen molar-refractivity contribution in [3.05, 3.63) is 0 Å². The standard InChI is InChI=1S/C19H36O3/c1-3-5-7-9-11-13-15-17(19(21)22)18(20)16-14-12-10-8-6-4-2/h17H,3-16H2,1-2H3,(H,21,22). The molecule has 0 aromatic carbocycles. The molecule has 22 heavy (non-hydrogen) atoms. The molecule has 3 heteroatoms. The van der Waals surface area contributed by atoms with E-state index < -0.39 is 11.9 Å². The fourth-order valence-electron chi connectivity index (χ4n) is 2.80. The van der Waals surface area contributed by atoms with Crippen molar-refractivity contribution in [1.29, 1.82) is 0 Å². The van der Waals surface area contributed by atoms with Gasteiger partial charge in [-0.15, -0.1) is 0 Å². The Balaban J connectivity index is 3.80. The summed E-state index contributed by atoms with van der Waals surface area (Å²) in [5.41, 5.74) is 0. The minimum atomic E-state index is -0.926. The van der Waals surface area contributed by atoms with Crippen molar-refractivity contribution < 1.29 is 14.7 Å². The molecule has 0 spiro atoms. The van der Waals surface area contributed by atoms with Gasteiger partial charge in [0.1, 0.15) is 11.7 Å². The maximum Gasteiger partial charge on any atom is 0.314 e. The predicted octanol–water partition coefficient (Wildman–Crippen LogP) is 5.76. The number of aliphatic carboxylic acids is 1. The molecule has 130 valence electrons. The van der Waals surface area contributed by atoms with Crippen LogP contribution in [0.15, 0.2) is 0 Å². The lowest BCUT2D eigenvalue weighted by Crippen LogP contribution is -2.23. The van der Waals surface area contributed by atoms with Crippen molar-refractivity contribution >= 4 is 11.8 Å². The molecule has 1 atom stereocenters. The zero-order chi connectivity index (χ0) is 16.6. The van der Waals surface area contributed by atoms with E-state index in [1.807, 2.05) is 0 Å². The van der Waals surface area contributed by atoms with Crippen LogP contribution in [0, 0.1) is 5.92 Å². The largest absolute Gasteiger partial charge is 0.481 e. The van der Waals surface area contributed by atoms with Crippen LogP contribution in [0.5, 0.6) is 0 Å². The van der Waals surface area contributed by atoms with Crippen LogP contribution in [-0.2, 0) is 9.59 Å². The van der Waals surface area contributed by atoms with Crippen molar-refractivity contribution in [3.8, 4) is 0 Å². The molecular weight excluding hydrogens is 276 g/mol. The van der Waals surface area contributed by atoms with Crippen LogP contribution in [-0.4, -0.2) is 16.9 Å². The quantitative estimate of drug-likeness (QED) is 0.291. The first-order chi connectivity index (χ1) is 10.6. The van der Waals surface area contributed by atoms with Gasteiger partial charge < -0.3 is 5.11 Å². The van der Waals surface area contributed by atoms with E-state index in [0.717, 1.165) is 38.5 Å². The smallest absolute Gasteiger partial charge is 0.314 e. The second kappa shape index (κ2) is 15.1. The van der Waals surface area contributed by atoms with Crippen LogP contribution < -0.4 is 0 Å². The summed E-state index contributed by atoms with van der Waals surface area (Å²) in [6, 6.07) is 0.